The standard InChI is InChI=1S/C30H32N4O6S/c1-7-33(8-2)29(36)26-18(3)32-30-34(27(26)21-17-20(37-4)10-12-22(21)38-5)28(35)25(41-30)16-19-9-11-23(40-14-13-31)24(15-19)39-6/h9-12,15-17,27H,7-8,14H2,1-6H3/b25-16+/t27-/m0/s1. The molecule has 4 rings (SSSR count). The SMILES string of the molecule is CCN(CC)C(=O)C1=C(C)N=c2s/c(=C/c3ccc(OCC#N)c(OC)c3)c(=O)n2[C@H]1c1cc(OC)ccc1OC. The smallest absolute Gasteiger partial charge is 0.271 e. The number of carbonyl (C=O) groups is 1. The lowest BCUT2D eigenvalue weighted by Crippen LogP contribution is -2.43. The van der Waals surface area contributed by atoms with Gasteiger partial charge in [-0.1, -0.05) is 17.4 Å². The number of allylic oxidation sites excluding steroid dienone is 1. The van der Waals surface area contributed by atoms with Crippen LogP contribution in [0.5, 0.6) is 23.0 Å². The van der Waals surface area contributed by atoms with Crippen LogP contribution in [0.1, 0.15) is 37.9 Å². The van der Waals surface area contributed by atoms with Gasteiger partial charge in [-0.05, 0) is 62.7 Å². The van der Waals surface area contributed by atoms with E-state index in [0.29, 0.717) is 67.8 Å². The number of hydrogen-bond donors (Lipinski definition) is 0. The molecule has 1 aliphatic heterocycles. The number of ether oxygens (including phenoxy) is 4. The van der Waals surface area contributed by atoms with Crippen molar-refractivity contribution in [1.82, 2.24) is 9.47 Å². The molecule has 0 radical (unpaired) electrons. The number of aromatic nitrogens is 1. The number of hydrogen-bond acceptors (Lipinski definition) is 9. The molecule has 0 N–H and O–H groups in total. The molecule has 41 heavy (non-hydrogen) atoms. The van der Waals surface area contributed by atoms with Crippen molar-refractivity contribution in [3.05, 3.63) is 78.5 Å². The number of carbonyl (C=O) groups excluding carboxylic acids is 1. The summed E-state index contributed by atoms with van der Waals surface area (Å²) in [5.41, 5.74) is 1.95. The Morgan fingerprint density at radius 3 is 2.41 bits per heavy atom. The highest BCUT2D eigenvalue weighted by molar-refractivity contribution is 7.07. The highest BCUT2D eigenvalue weighted by atomic mass is 32.1. The Hall–Kier alpha value is -4.56. The average Bonchev–Trinajstić information content (AvgIpc) is 3.29. The molecule has 0 spiro atoms. The van der Waals surface area contributed by atoms with E-state index in [9.17, 15) is 9.59 Å². The van der Waals surface area contributed by atoms with Gasteiger partial charge in [0.25, 0.3) is 11.5 Å². The van der Waals surface area contributed by atoms with Crippen molar-refractivity contribution in [2.45, 2.75) is 26.8 Å². The largest absolute Gasteiger partial charge is 0.497 e. The van der Waals surface area contributed by atoms with E-state index >= 15 is 0 Å². The first-order valence-corrected chi connectivity index (χ1v) is 13.8. The van der Waals surface area contributed by atoms with E-state index in [2.05, 4.69) is 0 Å². The van der Waals surface area contributed by atoms with Crippen molar-refractivity contribution >= 4 is 23.3 Å². The van der Waals surface area contributed by atoms with Gasteiger partial charge >= 0.3 is 0 Å². The number of rotatable bonds is 10. The Labute approximate surface area is 242 Å². The molecule has 3 aromatic rings. The van der Waals surface area contributed by atoms with Crippen LogP contribution in [0, 0.1) is 11.3 Å². The molecule has 10 nitrogen and oxygen atoms in total. The fourth-order valence-electron chi connectivity index (χ4n) is 4.78. The third kappa shape index (κ3) is 5.69. The highest BCUT2D eigenvalue weighted by Gasteiger charge is 2.36. The molecule has 1 aliphatic rings. The first-order valence-electron chi connectivity index (χ1n) is 13.0. The molecule has 0 fully saturated rings. The first kappa shape index (κ1) is 29.4. The van der Waals surface area contributed by atoms with Gasteiger partial charge in [-0.3, -0.25) is 14.2 Å². The second-order valence-electron chi connectivity index (χ2n) is 9.02. The van der Waals surface area contributed by atoms with Gasteiger partial charge in [0, 0.05) is 18.7 Å². The van der Waals surface area contributed by atoms with Crippen LogP contribution in [0.4, 0.5) is 0 Å². The molecule has 0 saturated heterocycles. The van der Waals surface area contributed by atoms with Gasteiger partial charge in [0.05, 0.1) is 37.1 Å². The van der Waals surface area contributed by atoms with E-state index in [0.717, 1.165) is 0 Å². The predicted molar refractivity (Wildman–Crippen MR) is 155 cm³/mol. The van der Waals surface area contributed by atoms with Crippen LogP contribution in [0.15, 0.2) is 57.5 Å². The minimum Gasteiger partial charge on any atom is -0.497 e. The summed E-state index contributed by atoms with van der Waals surface area (Å²) in [6.07, 6.45) is 1.74. The van der Waals surface area contributed by atoms with Crippen molar-refractivity contribution in [3.63, 3.8) is 0 Å². The maximum absolute atomic E-state index is 14.1. The molecule has 0 saturated carbocycles. The van der Waals surface area contributed by atoms with Crippen LogP contribution in [-0.4, -0.2) is 56.4 Å². The summed E-state index contributed by atoms with van der Waals surface area (Å²) in [6.45, 7) is 6.52. The zero-order valence-corrected chi connectivity index (χ0v) is 24.7. The van der Waals surface area contributed by atoms with Crippen LogP contribution in [0.25, 0.3) is 6.08 Å². The van der Waals surface area contributed by atoms with Crippen molar-refractivity contribution in [2.75, 3.05) is 41.0 Å². The van der Waals surface area contributed by atoms with Crippen molar-refractivity contribution in [3.8, 4) is 29.1 Å². The molecule has 0 bridgehead atoms. The summed E-state index contributed by atoms with van der Waals surface area (Å²) >= 11 is 1.23. The summed E-state index contributed by atoms with van der Waals surface area (Å²) in [6, 6.07) is 11.7. The highest BCUT2D eigenvalue weighted by Crippen LogP contribution is 2.38. The molecule has 0 aliphatic carbocycles. The second kappa shape index (κ2) is 12.7. The lowest BCUT2D eigenvalue weighted by Gasteiger charge is -2.30. The number of fused-ring (bicyclic) bond motifs is 1. The molecule has 2 aromatic carbocycles. The molecule has 0 unspecified atom stereocenters. The van der Waals surface area contributed by atoms with E-state index in [1.54, 1.807) is 73.1 Å². The lowest BCUT2D eigenvalue weighted by atomic mass is 9.93. The van der Waals surface area contributed by atoms with E-state index < -0.39 is 6.04 Å². The van der Waals surface area contributed by atoms with Crippen molar-refractivity contribution in [2.24, 2.45) is 4.99 Å². The fraction of sp³-hybridized carbons (Fsp3) is 0.333. The van der Waals surface area contributed by atoms with Crippen LogP contribution >= 0.6 is 11.3 Å². The molecular formula is C30H32N4O6S. The molecule has 1 aromatic heterocycles. The fourth-order valence-corrected chi connectivity index (χ4v) is 5.82. The van der Waals surface area contributed by atoms with E-state index in [1.807, 2.05) is 19.9 Å². The number of likely N-dealkylation sites (N-methyl/N-ethyl adjacent to an activating group) is 1. The number of nitrogens with zero attached hydrogens (tertiary/aromatic N) is 4. The van der Waals surface area contributed by atoms with Gasteiger partial charge in [-0.15, -0.1) is 0 Å². The maximum Gasteiger partial charge on any atom is 0.271 e. The Balaban J connectivity index is 1.96. The van der Waals surface area contributed by atoms with Crippen LogP contribution < -0.4 is 33.8 Å². The summed E-state index contributed by atoms with van der Waals surface area (Å²) in [4.78, 5) is 34.8. The Kier molecular flexibility index (Phi) is 9.14. The third-order valence-electron chi connectivity index (χ3n) is 6.81. The second-order valence-corrected chi connectivity index (χ2v) is 10.0. The summed E-state index contributed by atoms with van der Waals surface area (Å²) in [5, 5.41) is 8.84. The van der Waals surface area contributed by atoms with Crippen molar-refractivity contribution in [1.29, 1.82) is 5.26 Å². The zero-order chi connectivity index (χ0) is 29.7. The third-order valence-corrected chi connectivity index (χ3v) is 7.79. The predicted octanol–water partition coefficient (Wildman–Crippen LogP) is 3.03. The number of amides is 1. The first-order chi connectivity index (χ1) is 19.8. The summed E-state index contributed by atoms with van der Waals surface area (Å²) < 4.78 is 24.0. The molecule has 1 atom stereocenters. The summed E-state index contributed by atoms with van der Waals surface area (Å²) in [5.74, 6) is 1.75. The Bertz CT molecular complexity index is 1710. The van der Waals surface area contributed by atoms with Gasteiger partial charge in [0.2, 0.25) is 0 Å². The van der Waals surface area contributed by atoms with Gasteiger partial charge in [-0.25, -0.2) is 4.99 Å². The maximum atomic E-state index is 14.1. The Morgan fingerprint density at radius 1 is 1.07 bits per heavy atom. The molecular weight excluding hydrogens is 544 g/mol. The normalized spacial score (nSPS) is 14.6. The van der Waals surface area contributed by atoms with E-state index in [1.165, 1.54) is 18.4 Å². The number of benzene rings is 2. The number of methoxy groups -OCH3 is 3. The minimum absolute atomic E-state index is 0.115. The van der Waals surface area contributed by atoms with E-state index in [4.69, 9.17) is 29.2 Å². The quantitative estimate of drug-likeness (QED) is 0.364. The minimum atomic E-state index is -0.789. The molecule has 1 amide bonds. The molecule has 2 heterocycles. The average molecular weight is 577 g/mol. The van der Waals surface area contributed by atoms with Gasteiger partial charge in [0.15, 0.2) is 22.9 Å². The van der Waals surface area contributed by atoms with Gasteiger partial charge in [0.1, 0.15) is 23.6 Å². The number of nitriles is 1. The monoisotopic (exact) mass is 576 g/mol. The van der Waals surface area contributed by atoms with Crippen LogP contribution in [0.3, 0.4) is 0 Å². The van der Waals surface area contributed by atoms with Crippen LogP contribution in [0.2, 0.25) is 0 Å². The molecule has 11 heteroatoms. The van der Waals surface area contributed by atoms with Crippen molar-refractivity contribution < 1.29 is 23.7 Å². The lowest BCUT2D eigenvalue weighted by molar-refractivity contribution is -0.127. The van der Waals surface area contributed by atoms with Gasteiger partial charge in [-0.2, -0.15) is 5.26 Å². The topological polar surface area (TPSA) is 115 Å². The van der Waals surface area contributed by atoms with Gasteiger partial charge < -0.3 is 23.8 Å². The zero-order valence-electron chi connectivity index (χ0n) is 23.9. The summed E-state index contributed by atoms with van der Waals surface area (Å²) in [7, 11) is 4.62. The van der Waals surface area contributed by atoms with E-state index in [-0.39, 0.29) is 18.1 Å². The Morgan fingerprint density at radius 2 is 1.78 bits per heavy atom. The molecule has 214 valence electrons. The van der Waals surface area contributed by atoms with Crippen LogP contribution in [-0.2, 0) is 4.79 Å². The number of thiazole rings is 1.